The van der Waals surface area contributed by atoms with Gasteiger partial charge in [-0.25, -0.2) is 0 Å². The molecule has 4 aliphatic rings. The Hall–Kier alpha value is -0.860. The van der Waals surface area contributed by atoms with Crippen LogP contribution in [0.5, 0.6) is 0 Å². The molecule has 134 valence electrons. The van der Waals surface area contributed by atoms with E-state index in [0.29, 0.717) is 29.6 Å². The van der Waals surface area contributed by atoms with Crippen molar-refractivity contribution in [1.29, 1.82) is 0 Å². The van der Waals surface area contributed by atoms with Gasteiger partial charge < -0.3 is 4.90 Å². The summed E-state index contributed by atoms with van der Waals surface area (Å²) < 4.78 is 0. The van der Waals surface area contributed by atoms with Gasteiger partial charge in [-0.2, -0.15) is 0 Å². The zero-order valence-electron chi connectivity index (χ0n) is 16.3. The van der Waals surface area contributed by atoms with Crippen molar-refractivity contribution in [2.24, 2.45) is 27.1 Å². The third kappa shape index (κ3) is 1.74. The van der Waals surface area contributed by atoms with E-state index in [9.17, 15) is 9.59 Å². The van der Waals surface area contributed by atoms with Gasteiger partial charge in [-0.15, -0.1) is 0 Å². The number of ketones is 1. The Bertz CT molecular complexity index is 636. The van der Waals surface area contributed by atoms with Crippen LogP contribution in [0.2, 0.25) is 0 Å². The molecule has 0 N–H and O–H groups in total. The van der Waals surface area contributed by atoms with E-state index >= 15 is 0 Å². The number of fused-ring (bicyclic) bond motifs is 4. The first-order valence-electron chi connectivity index (χ1n) is 9.70. The molecule has 3 aliphatic carbocycles. The Morgan fingerprint density at radius 1 is 1.04 bits per heavy atom. The Kier molecular flexibility index (Phi) is 2.95. The van der Waals surface area contributed by atoms with Crippen LogP contribution in [-0.2, 0) is 9.59 Å². The van der Waals surface area contributed by atoms with E-state index in [2.05, 4.69) is 46.4 Å². The molecule has 4 bridgehead atoms. The molecule has 0 aromatic heterocycles. The molecule has 3 saturated carbocycles. The topological polar surface area (TPSA) is 37.4 Å². The maximum atomic E-state index is 13.8. The molecule has 3 heteroatoms. The second-order valence-corrected chi connectivity index (χ2v) is 11.3. The zero-order valence-corrected chi connectivity index (χ0v) is 16.3. The molecular weight excluding hydrogens is 298 g/mol. The number of amides is 1. The van der Waals surface area contributed by atoms with Crippen LogP contribution in [0.1, 0.15) is 80.1 Å². The fraction of sp³-hybridized carbons (Fsp3) is 0.905. The summed E-state index contributed by atoms with van der Waals surface area (Å²) in [5.41, 5.74) is -0.401. The summed E-state index contributed by atoms with van der Waals surface area (Å²) in [6, 6.07) is 0.374. The van der Waals surface area contributed by atoms with Gasteiger partial charge in [0.2, 0.25) is 5.91 Å². The van der Waals surface area contributed by atoms with Crippen molar-refractivity contribution in [3.63, 3.8) is 0 Å². The van der Waals surface area contributed by atoms with Gasteiger partial charge in [-0.05, 0) is 48.3 Å². The summed E-state index contributed by atoms with van der Waals surface area (Å²) >= 11 is 0. The summed E-state index contributed by atoms with van der Waals surface area (Å²) in [5.74, 6) is 0.620. The van der Waals surface area contributed by atoms with E-state index in [1.165, 1.54) is 6.42 Å². The van der Waals surface area contributed by atoms with Gasteiger partial charge in [0.05, 0.1) is 5.41 Å². The largest absolute Gasteiger partial charge is 0.339 e. The number of carbonyl (C=O) groups excluding carboxylic acids is 2. The van der Waals surface area contributed by atoms with Crippen molar-refractivity contribution in [3.05, 3.63) is 0 Å². The lowest BCUT2D eigenvalue weighted by Crippen LogP contribution is -2.50. The minimum Gasteiger partial charge on any atom is -0.339 e. The molecule has 4 fully saturated rings. The lowest BCUT2D eigenvalue weighted by molar-refractivity contribution is -0.149. The van der Waals surface area contributed by atoms with Crippen LogP contribution in [0.15, 0.2) is 0 Å². The highest BCUT2D eigenvalue weighted by atomic mass is 16.2. The van der Waals surface area contributed by atoms with Crippen molar-refractivity contribution in [3.8, 4) is 0 Å². The normalized spacial score (nSPS) is 48.2. The molecule has 1 saturated heterocycles. The molecular formula is C21H33NO2. The predicted molar refractivity (Wildman–Crippen MR) is 94.4 cm³/mol. The van der Waals surface area contributed by atoms with E-state index < -0.39 is 5.41 Å². The second kappa shape index (κ2) is 4.27. The van der Waals surface area contributed by atoms with Crippen LogP contribution >= 0.6 is 0 Å². The van der Waals surface area contributed by atoms with Gasteiger partial charge in [0, 0.05) is 24.4 Å². The molecule has 0 radical (unpaired) electrons. The minimum absolute atomic E-state index is 0.221. The molecule has 4 rings (SSSR count). The second-order valence-electron chi connectivity index (χ2n) is 11.3. The Balaban J connectivity index is 1.70. The number of nitrogens with zero attached hydrogens (tertiary/aromatic N) is 1. The van der Waals surface area contributed by atoms with Crippen LogP contribution in [-0.4, -0.2) is 29.2 Å². The van der Waals surface area contributed by atoms with Crippen molar-refractivity contribution in [2.75, 3.05) is 6.54 Å². The van der Waals surface area contributed by atoms with E-state index in [0.717, 1.165) is 32.2 Å². The summed E-state index contributed by atoms with van der Waals surface area (Å²) in [6.07, 6.45) is 5.70. The fourth-order valence-corrected chi connectivity index (χ4v) is 7.31. The number of carbonyl (C=O) groups is 2. The van der Waals surface area contributed by atoms with E-state index in [-0.39, 0.29) is 16.2 Å². The maximum absolute atomic E-state index is 13.8. The van der Waals surface area contributed by atoms with E-state index in [4.69, 9.17) is 0 Å². The lowest BCUT2D eigenvalue weighted by atomic mass is 9.64. The molecule has 1 amide bonds. The highest BCUT2D eigenvalue weighted by Gasteiger charge is 2.73. The summed E-state index contributed by atoms with van der Waals surface area (Å²) in [6.45, 7) is 14.4. The monoisotopic (exact) mass is 331 g/mol. The zero-order chi connectivity index (χ0) is 17.8. The third-order valence-electron chi connectivity index (χ3n) is 8.79. The van der Waals surface area contributed by atoms with Crippen LogP contribution in [0.3, 0.4) is 0 Å². The number of rotatable bonds is 1. The highest BCUT2D eigenvalue weighted by Crippen LogP contribution is 2.71. The van der Waals surface area contributed by atoms with Crippen molar-refractivity contribution < 1.29 is 9.59 Å². The van der Waals surface area contributed by atoms with Crippen LogP contribution in [0, 0.1) is 27.1 Å². The SMILES string of the molecule is CC1(C)C[C@@H]2C[C@@](C)(CN2C(=O)[C@@]23CC[C@@](C)(C(=O)C2)C3(C)C)C1. The van der Waals surface area contributed by atoms with Crippen molar-refractivity contribution in [2.45, 2.75) is 86.1 Å². The number of hydrogen-bond acceptors (Lipinski definition) is 2. The molecule has 0 aromatic rings. The summed E-state index contributed by atoms with van der Waals surface area (Å²) in [7, 11) is 0. The van der Waals surface area contributed by atoms with E-state index in [1.54, 1.807) is 0 Å². The summed E-state index contributed by atoms with van der Waals surface area (Å²) in [5, 5.41) is 0. The molecule has 0 spiro atoms. The van der Waals surface area contributed by atoms with Crippen LogP contribution in [0.4, 0.5) is 0 Å². The number of hydrogen-bond donors (Lipinski definition) is 0. The van der Waals surface area contributed by atoms with Crippen LogP contribution in [0.25, 0.3) is 0 Å². The number of Topliss-reactive ketones (excluding diaryl/α,β-unsaturated/α-hetero) is 1. The molecule has 4 atom stereocenters. The maximum Gasteiger partial charge on any atom is 0.230 e. The summed E-state index contributed by atoms with van der Waals surface area (Å²) in [4.78, 5) is 28.7. The van der Waals surface area contributed by atoms with Gasteiger partial charge in [-0.1, -0.05) is 41.5 Å². The molecule has 1 aliphatic heterocycles. The highest BCUT2D eigenvalue weighted by molar-refractivity contribution is 5.99. The predicted octanol–water partition coefficient (Wildman–Crippen LogP) is 4.20. The lowest BCUT2D eigenvalue weighted by Gasteiger charge is -2.43. The van der Waals surface area contributed by atoms with Crippen molar-refractivity contribution >= 4 is 11.7 Å². The minimum atomic E-state index is -0.448. The first-order chi connectivity index (χ1) is 10.9. The Labute approximate surface area is 146 Å². The first-order valence-corrected chi connectivity index (χ1v) is 9.70. The average Bonchev–Trinajstić information content (AvgIpc) is 2.86. The fourth-order valence-electron chi connectivity index (χ4n) is 7.31. The number of likely N-dealkylation sites (tertiary alicyclic amines) is 1. The molecule has 24 heavy (non-hydrogen) atoms. The van der Waals surface area contributed by atoms with Crippen LogP contribution < -0.4 is 0 Å². The first kappa shape index (κ1) is 16.6. The third-order valence-corrected chi connectivity index (χ3v) is 8.79. The molecule has 1 heterocycles. The Morgan fingerprint density at radius 3 is 2.25 bits per heavy atom. The van der Waals surface area contributed by atoms with Crippen molar-refractivity contribution in [1.82, 2.24) is 4.90 Å². The standard InChI is InChI=1S/C21H33NO2/c1-17(2)9-14-10-19(5,12-17)13-22(14)16(24)21-8-7-20(6,15(23)11-21)18(21,3)4/h14H,7-13H2,1-6H3/t14-,19-,20+,21-/m1/s1. The smallest absolute Gasteiger partial charge is 0.230 e. The van der Waals surface area contributed by atoms with Gasteiger partial charge in [-0.3, -0.25) is 9.59 Å². The van der Waals surface area contributed by atoms with Gasteiger partial charge in [0.1, 0.15) is 5.78 Å². The molecule has 0 unspecified atom stereocenters. The Morgan fingerprint density at radius 2 is 1.71 bits per heavy atom. The van der Waals surface area contributed by atoms with Gasteiger partial charge in [0.25, 0.3) is 0 Å². The quantitative estimate of drug-likeness (QED) is 0.722. The van der Waals surface area contributed by atoms with Gasteiger partial charge in [0.15, 0.2) is 0 Å². The molecule has 3 nitrogen and oxygen atoms in total. The van der Waals surface area contributed by atoms with Gasteiger partial charge >= 0.3 is 0 Å². The van der Waals surface area contributed by atoms with E-state index in [1.807, 2.05) is 0 Å². The average molecular weight is 332 g/mol. The molecule has 0 aromatic carbocycles.